The lowest BCUT2D eigenvalue weighted by molar-refractivity contribution is 0.0948. The Balaban J connectivity index is 1.38. The summed E-state index contributed by atoms with van der Waals surface area (Å²) < 4.78 is 2.28. The monoisotopic (exact) mass is 436 g/mol. The van der Waals surface area contributed by atoms with Gasteiger partial charge in [-0.3, -0.25) is 23.7 Å². The molecule has 0 bridgehead atoms. The third kappa shape index (κ3) is 4.15. The summed E-state index contributed by atoms with van der Waals surface area (Å²) in [6.45, 7) is 0.457. The maximum Gasteiger partial charge on any atom is 0.332 e. The molecule has 4 aromatic heterocycles. The highest BCUT2D eigenvalue weighted by molar-refractivity contribution is 7.09. The van der Waals surface area contributed by atoms with Gasteiger partial charge in [-0.15, -0.1) is 11.3 Å². The van der Waals surface area contributed by atoms with E-state index in [9.17, 15) is 14.4 Å². The van der Waals surface area contributed by atoms with Crippen LogP contribution in [-0.2, 0) is 20.5 Å². The van der Waals surface area contributed by atoms with Gasteiger partial charge in [-0.2, -0.15) is 0 Å². The summed E-state index contributed by atoms with van der Waals surface area (Å²) in [5.41, 5.74) is 1.36. The molecule has 4 aromatic rings. The summed E-state index contributed by atoms with van der Waals surface area (Å²) in [4.78, 5) is 49.7. The van der Waals surface area contributed by atoms with Crippen molar-refractivity contribution in [2.75, 3.05) is 6.54 Å². The molecule has 0 saturated carbocycles. The molecule has 4 rings (SSSR count). The second-order valence-corrected chi connectivity index (χ2v) is 7.94. The molecular formula is C21H20N6O3S. The van der Waals surface area contributed by atoms with E-state index in [0.29, 0.717) is 6.54 Å². The summed E-state index contributed by atoms with van der Waals surface area (Å²) in [7, 11) is 2.93. The fourth-order valence-corrected chi connectivity index (χ4v) is 4.04. The van der Waals surface area contributed by atoms with Gasteiger partial charge in [-0.1, -0.05) is 0 Å². The van der Waals surface area contributed by atoms with Crippen LogP contribution >= 0.6 is 11.3 Å². The number of aryl methyl sites for hydroxylation is 2. The Hall–Kier alpha value is -3.66. The Morgan fingerprint density at radius 2 is 1.84 bits per heavy atom. The second kappa shape index (κ2) is 8.60. The predicted octanol–water partition coefficient (Wildman–Crippen LogP) is 1.51. The number of hydrogen-bond donors (Lipinski definition) is 1. The van der Waals surface area contributed by atoms with E-state index in [1.54, 1.807) is 23.7 Å². The standard InChI is InChI=1S/C21H20N6O3S/c1-26-18-14(20(29)27(2)21(26)30)5-6-15(25-18)19(28)23-9-3-4-17-24-16(12-31-17)13-7-10-22-11-8-13/h5-8,10-12H,3-4,9H2,1-2H3,(H,23,28). The van der Waals surface area contributed by atoms with Crippen molar-refractivity contribution in [3.8, 4) is 11.3 Å². The van der Waals surface area contributed by atoms with Crippen LogP contribution in [0.4, 0.5) is 0 Å². The highest BCUT2D eigenvalue weighted by atomic mass is 32.1. The van der Waals surface area contributed by atoms with Gasteiger partial charge in [0.15, 0.2) is 0 Å². The van der Waals surface area contributed by atoms with E-state index in [1.165, 1.54) is 30.8 Å². The van der Waals surface area contributed by atoms with Crippen LogP contribution < -0.4 is 16.6 Å². The Kier molecular flexibility index (Phi) is 5.72. The maximum atomic E-state index is 12.5. The van der Waals surface area contributed by atoms with E-state index in [-0.39, 0.29) is 22.6 Å². The Labute approximate surface area is 181 Å². The van der Waals surface area contributed by atoms with E-state index < -0.39 is 11.2 Å². The van der Waals surface area contributed by atoms with Gasteiger partial charge in [0.1, 0.15) is 11.3 Å². The largest absolute Gasteiger partial charge is 0.351 e. The Morgan fingerprint density at radius 3 is 2.61 bits per heavy atom. The molecule has 0 atom stereocenters. The van der Waals surface area contributed by atoms with Gasteiger partial charge in [0.2, 0.25) is 0 Å². The quantitative estimate of drug-likeness (QED) is 0.459. The molecule has 31 heavy (non-hydrogen) atoms. The van der Waals surface area contributed by atoms with Crippen LogP contribution in [-0.4, -0.2) is 36.5 Å². The van der Waals surface area contributed by atoms with Gasteiger partial charge in [-0.25, -0.2) is 14.8 Å². The lowest BCUT2D eigenvalue weighted by Gasteiger charge is -2.08. The van der Waals surface area contributed by atoms with Gasteiger partial charge >= 0.3 is 5.69 Å². The third-order valence-electron chi connectivity index (χ3n) is 4.92. The van der Waals surface area contributed by atoms with Gasteiger partial charge in [0.05, 0.1) is 16.1 Å². The molecule has 0 fully saturated rings. The Bertz CT molecular complexity index is 1370. The SMILES string of the molecule is Cn1c(=O)c2ccc(C(=O)NCCCc3nc(-c4ccncc4)cs3)nc2n(C)c1=O. The van der Waals surface area contributed by atoms with E-state index in [2.05, 4.69) is 20.3 Å². The molecule has 1 amide bonds. The fourth-order valence-electron chi connectivity index (χ4n) is 3.19. The summed E-state index contributed by atoms with van der Waals surface area (Å²) >= 11 is 1.59. The normalized spacial score (nSPS) is 11.0. The molecule has 4 heterocycles. The van der Waals surface area contributed by atoms with E-state index in [0.717, 1.165) is 33.7 Å². The number of aromatic nitrogens is 5. The summed E-state index contributed by atoms with van der Waals surface area (Å²) in [6, 6.07) is 6.85. The summed E-state index contributed by atoms with van der Waals surface area (Å²) in [5.74, 6) is -0.355. The second-order valence-electron chi connectivity index (χ2n) is 7.00. The number of nitrogens with zero attached hydrogens (tertiary/aromatic N) is 5. The van der Waals surface area contributed by atoms with E-state index >= 15 is 0 Å². The Morgan fingerprint density at radius 1 is 1.06 bits per heavy atom. The first kappa shape index (κ1) is 20.6. The number of rotatable bonds is 6. The van der Waals surface area contributed by atoms with Gasteiger partial charge < -0.3 is 5.32 Å². The number of fused-ring (bicyclic) bond motifs is 1. The van der Waals surface area contributed by atoms with E-state index in [1.807, 2.05) is 17.5 Å². The molecular weight excluding hydrogens is 416 g/mol. The number of pyridine rings is 2. The van der Waals surface area contributed by atoms with Crippen LogP contribution in [0.25, 0.3) is 22.3 Å². The van der Waals surface area contributed by atoms with Crippen molar-refractivity contribution in [3.63, 3.8) is 0 Å². The topological polar surface area (TPSA) is 112 Å². The first-order valence-electron chi connectivity index (χ1n) is 9.65. The summed E-state index contributed by atoms with van der Waals surface area (Å²) in [6.07, 6.45) is 4.94. The number of nitrogens with one attached hydrogen (secondary N) is 1. The molecule has 0 radical (unpaired) electrons. The molecule has 10 heteroatoms. The first-order valence-corrected chi connectivity index (χ1v) is 10.5. The third-order valence-corrected chi connectivity index (χ3v) is 5.82. The molecule has 0 aliphatic rings. The molecule has 0 aliphatic carbocycles. The van der Waals surface area contributed by atoms with Crippen molar-refractivity contribution in [1.29, 1.82) is 0 Å². The fraction of sp³-hybridized carbons (Fsp3) is 0.238. The number of thiazole rings is 1. The van der Waals surface area contributed by atoms with Crippen LogP contribution in [0.2, 0.25) is 0 Å². The van der Waals surface area contributed by atoms with Crippen molar-refractivity contribution >= 4 is 28.3 Å². The average molecular weight is 436 g/mol. The molecule has 0 aromatic carbocycles. The van der Waals surface area contributed by atoms with Crippen molar-refractivity contribution in [3.05, 3.63) is 73.6 Å². The molecule has 0 spiro atoms. The average Bonchev–Trinajstić information content (AvgIpc) is 3.28. The highest BCUT2D eigenvalue weighted by Crippen LogP contribution is 2.21. The van der Waals surface area contributed by atoms with E-state index in [4.69, 9.17) is 0 Å². The highest BCUT2D eigenvalue weighted by Gasteiger charge is 2.13. The van der Waals surface area contributed by atoms with Crippen molar-refractivity contribution in [2.45, 2.75) is 12.8 Å². The van der Waals surface area contributed by atoms with Crippen molar-refractivity contribution in [2.24, 2.45) is 14.1 Å². The smallest absolute Gasteiger partial charge is 0.332 e. The van der Waals surface area contributed by atoms with Gasteiger partial charge in [0, 0.05) is 50.4 Å². The first-order chi connectivity index (χ1) is 15.0. The minimum Gasteiger partial charge on any atom is -0.351 e. The lowest BCUT2D eigenvalue weighted by atomic mass is 10.2. The van der Waals surface area contributed by atoms with Crippen molar-refractivity contribution in [1.82, 2.24) is 29.4 Å². The molecule has 0 saturated heterocycles. The van der Waals surface area contributed by atoms with Gasteiger partial charge in [-0.05, 0) is 30.7 Å². The number of amides is 1. The van der Waals surface area contributed by atoms with Crippen molar-refractivity contribution < 1.29 is 4.79 Å². The zero-order valence-corrected chi connectivity index (χ0v) is 17.8. The molecule has 9 nitrogen and oxygen atoms in total. The minimum absolute atomic E-state index is 0.157. The zero-order valence-electron chi connectivity index (χ0n) is 17.0. The number of hydrogen-bond acceptors (Lipinski definition) is 7. The molecule has 0 aliphatic heterocycles. The van der Waals surface area contributed by atoms with Crippen LogP contribution in [0, 0.1) is 0 Å². The zero-order chi connectivity index (χ0) is 22.0. The lowest BCUT2D eigenvalue weighted by Crippen LogP contribution is -2.37. The van der Waals surface area contributed by atoms with Crippen LogP contribution in [0.15, 0.2) is 51.6 Å². The maximum absolute atomic E-state index is 12.5. The molecule has 158 valence electrons. The molecule has 0 unspecified atom stereocenters. The molecule has 1 N–H and O–H groups in total. The number of carbonyl (C=O) groups excluding carboxylic acids is 1. The van der Waals surface area contributed by atoms with Crippen LogP contribution in [0.5, 0.6) is 0 Å². The predicted molar refractivity (Wildman–Crippen MR) is 118 cm³/mol. The van der Waals surface area contributed by atoms with Crippen LogP contribution in [0.1, 0.15) is 21.9 Å². The van der Waals surface area contributed by atoms with Gasteiger partial charge in [0.25, 0.3) is 11.5 Å². The van der Waals surface area contributed by atoms with Crippen LogP contribution in [0.3, 0.4) is 0 Å². The number of carbonyl (C=O) groups is 1. The summed E-state index contributed by atoms with van der Waals surface area (Å²) in [5, 5.41) is 6.12. The minimum atomic E-state index is -0.489.